The molecule has 11 nitrogen and oxygen atoms in total. The molecular formula is C27H25FN8O3S. The van der Waals surface area contributed by atoms with Crippen molar-refractivity contribution in [3.63, 3.8) is 0 Å². The molecule has 0 saturated heterocycles. The van der Waals surface area contributed by atoms with Crippen LogP contribution in [0.15, 0.2) is 76.7 Å². The second-order valence-corrected chi connectivity index (χ2v) is 10.6. The summed E-state index contributed by atoms with van der Waals surface area (Å²) in [5, 5.41) is 8.51. The van der Waals surface area contributed by atoms with Crippen molar-refractivity contribution in [2.45, 2.75) is 31.2 Å². The summed E-state index contributed by atoms with van der Waals surface area (Å²) in [7, 11) is -4.03. The number of aryl methyl sites for hydroxylation is 1. The molecule has 0 bridgehead atoms. The Morgan fingerprint density at radius 3 is 2.50 bits per heavy atom. The van der Waals surface area contributed by atoms with Crippen molar-refractivity contribution in [1.29, 1.82) is 0 Å². The molecule has 3 heterocycles. The number of para-hydroxylation sites is 1. The lowest BCUT2D eigenvalue weighted by Crippen LogP contribution is -2.29. The number of nitrogens with zero attached hydrogens (tertiary/aromatic N) is 5. The second kappa shape index (κ2) is 10.4. The Morgan fingerprint density at radius 1 is 1.05 bits per heavy atom. The lowest BCUT2D eigenvalue weighted by molar-refractivity contribution is 0.597. The number of anilines is 2. The molecular weight excluding hydrogens is 535 g/mol. The molecule has 0 radical (unpaired) electrons. The fraction of sp³-hybridized carbons (Fsp3) is 0.148. The first kappa shape index (κ1) is 26.8. The van der Waals surface area contributed by atoms with E-state index in [1.165, 1.54) is 29.0 Å². The van der Waals surface area contributed by atoms with Gasteiger partial charge in [0.2, 0.25) is 16.0 Å². The Kier molecular flexibility index (Phi) is 7.00. The maximum absolute atomic E-state index is 14.8. The van der Waals surface area contributed by atoms with Gasteiger partial charge in [-0.3, -0.25) is 14.3 Å². The number of fused-ring (bicyclic) bond motifs is 1. The highest BCUT2D eigenvalue weighted by Gasteiger charge is 2.24. The Hall–Kier alpha value is -4.75. The number of benzene rings is 2. The van der Waals surface area contributed by atoms with Crippen LogP contribution in [0, 0.1) is 12.7 Å². The number of primary sulfonamides is 1. The van der Waals surface area contributed by atoms with E-state index in [1.807, 2.05) is 6.92 Å². The summed E-state index contributed by atoms with van der Waals surface area (Å²) in [5.74, 6) is -0.119. The van der Waals surface area contributed by atoms with Crippen LogP contribution in [0.3, 0.4) is 0 Å². The molecule has 0 fully saturated rings. The van der Waals surface area contributed by atoms with E-state index in [2.05, 4.69) is 20.3 Å². The molecule has 0 saturated carbocycles. The van der Waals surface area contributed by atoms with E-state index in [0.29, 0.717) is 34.8 Å². The van der Waals surface area contributed by atoms with Crippen LogP contribution in [0.5, 0.6) is 0 Å². The first-order valence-electron chi connectivity index (χ1n) is 12.2. The van der Waals surface area contributed by atoms with E-state index in [0.717, 1.165) is 6.20 Å². The van der Waals surface area contributed by atoms with Crippen molar-refractivity contribution in [3.05, 3.63) is 94.7 Å². The zero-order valence-corrected chi connectivity index (χ0v) is 22.4. The zero-order chi connectivity index (χ0) is 28.6. The fourth-order valence-corrected chi connectivity index (χ4v) is 5.04. The van der Waals surface area contributed by atoms with Gasteiger partial charge in [-0.05, 0) is 43.7 Å². The Balaban J connectivity index is 1.72. The third-order valence-electron chi connectivity index (χ3n) is 6.36. The standard InChI is InChI=1S/C27H25FN8O3S/c1-3-20(25-34-21-11-7-10-19(28)23(21)26(37)36(25)17-8-5-4-6-9-17)33-24-22(15(2)32-27(29)35-24)16-12-18(14-31-13-16)40(30,38)39/h4-14,20H,3H2,1-2H3,(H2,30,38,39)(H3,29,32,33,35). The molecule has 5 rings (SSSR count). The molecule has 2 aromatic carbocycles. The van der Waals surface area contributed by atoms with Gasteiger partial charge >= 0.3 is 0 Å². The van der Waals surface area contributed by atoms with Crippen molar-refractivity contribution >= 4 is 32.7 Å². The Bertz CT molecular complexity index is 1910. The minimum absolute atomic E-state index is 0.0249. The number of nitrogens with two attached hydrogens (primary N) is 2. The average Bonchev–Trinajstić information content (AvgIpc) is 2.91. The van der Waals surface area contributed by atoms with Gasteiger partial charge in [0, 0.05) is 23.5 Å². The van der Waals surface area contributed by atoms with Gasteiger partial charge in [-0.15, -0.1) is 0 Å². The van der Waals surface area contributed by atoms with Gasteiger partial charge in [-0.1, -0.05) is 31.2 Å². The monoisotopic (exact) mass is 560 g/mol. The number of pyridine rings is 1. The van der Waals surface area contributed by atoms with Gasteiger partial charge in [0.05, 0.1) is 22.9 Å². The summed E-state index contributed by atoms with van der Waals surface area (Å²) in [6, 6.07) is 13.8. The normalized spacial score (nSPS) is 12.4. The number of hydrogen-bond acceptors (Lipinski definition) is 9. The number of sulfonamides is 1. The van der Waals surface area contributed by atoms with Gasteiger partial charge < -0.3 is 11.1 Å². The molecule has 0 aliphatic rings. The molecule has 5 N–H and O–H groups in total. The van der Waals surface area contributed by atoms with Crippen LogP contribution in [0.4, 0.5) is 16.2 Å². The van der Waals surface area contributed by atoms with Gasteiger partial charge in [0.15, 0.2) is 0 Å². The highest BCUT2D eigenvalue weighted by atomic mass is 32.2. The summed E-state index contributed by atoms with van der Waals surface area (Å²) in [5.41, 5.74) is 7.41. The van der Waals surface area contributed by atoms with Crippen molar-refractivity contribution in [2.75, 3.05) is 11.1 Å². The molecule has 3 aromatic heterocycles. The predicted molar refractivity (Wildman–Crippen MR) is 150 cm³/mol. The molecule has 0 aliphatic carbocycles. The minimum atomic E-state index is -4.03. The number of nitrogen functional groups attached to an aromatic ring is 1. The van der Waals surface area contributed by atoms with Crippen molar-refractivity contribution in [2.24, 2.45) is 5.14 Å². The molecule has 0 amide bonds. The second-order valence-electron chi connectivity index (χ2n) is 9.03. The summed E-state index contributed by atoms with van der Waals surface area (Å²) in [4.78, 5) is 30.9. The van der Waals surface area contributed by atoms with E-state index >= 15 is 0 Å². The molecule has 204 valence electrons. The first-order chi connectivity index (χ1) is 19.1. The van der Waals surface area contributed by atoms with E-state index in [-0.39, 0.29) is 27.6 Å². The highest BCUT2D eigenvalue weighted by molar-refractivity contribution is 7.89. The Labute approximate surface area is 228 Å². The van der Waals surface area contributed by atoms with Gasteiger partial charge in [0.25, 0.3) is 5.56 Å². The van der Waals surface area contributed by atoms with Crippen molar-refractivity contribution in [1.82, 2.24) is 24.5 Å². The number of hydrogen-bond donors (Lipinski definition) is 3. The SMILES string of the molecule is CCC(Nc1nc(N)nc(C)c1-c1cncc(S(N)(=O)=O)c1)c1nc2cccc(F)c2c(=O)n1-c1ccccc1. The third-order valence-corrected chi connectivity index (χ3v) is 7.24. The van der Waals surface area contributed by atoms with Crippen LogP contribution in [0.25, 0.3) is 27.7 Å². The molecule has 40 heavy (non-hydrogen) atoms. The predicted octanol–water partition coefficient (Wildman–Crippen LogP) is 3.48. The van der Waals surface area contributed by atoms with Crippen molar-refractivity contribution in [3.8, 4) is 16.8 Å². The van der Waals surface area contributed by atoms with E-state index in [1.54, 1.807) is 43.3 Å². The maximum Gasteiger partial charge on any atom is 0.269 e. The third kappa shape index (κ3) is 4.99. The molecule has 0 aliphatic heterocycles. The summed E-state index contributed by atoms with van der Waals surface area (Å²) in [6.07, 6.45) is 3.03. The van der Waals surface area contributed by atoms with Crippen LogP contribution >= 0.6 is 0 Å². The van der Waals surface area contributed by atoms with Gasteiger partial charge in [0.1, 0.15) is 27.7 Å². The first-order valence-corrected chi connectivity index (χ1v) is 13.8. The van der Waals surface area contributed by atoms with Crippen molar-refractivity contribution < 1.29 is 12.8 Å². The van der Waals surface area contributed by atoms with E-state index in [4.69, 9.17) is 15.9 Å². The van der Waals surface area contributed by atoms with Crippen LogP contribution in [-0.4, -0.2) is 32.9 Å². The van der Waals surface area contributed by atoms with E-state index < -0.39 is 27.4 Å². The number of aromatic nitrogens is 5. The molecule has 13 heteroatoms. The fourth-order valence-electron chi connectivity index (χ4n) is 4.54. The maximum atomic E-state index is 14.8. The number of rotatable bonds is 7. The average molecular weight is 561 g/mol. The zero-order valence-electron chi connectivity index (χ0n) is 21.5. The number of nitrogens with one attached hydrogen (secondary N) is 1. The summed E-state index contributed by atoms with van der Waals surface area (Å²) >= 11 is 0. The minimum Gasteiger partial charge on any atom is -0.368 e. The smallest absolute Gasteiger partial charge is 0.269 e. The topological polar surface area (TPSA) is 172 Å². The molecule has 1 atom stereocenters. The molecule has 1 unspecified atom stereocenters. The Morgan fingerprint density at radius 2 is 1.80 bits per heavy atom. The molecule has 0 spiro atoms. The van der Waals surface area contributed by atoms with E-state index in [9.17, 15) is 17.6 Å². The van der Waals surface area contributed by atoms with Gasteiger partial charge in [-0.25, -0.2) is 27.9 Å². The summed E-state index contributed by atoms with van der Waals surface area (Å²) < 4.78 is 40.1. The largest absolute Gasteiger partial charge is 0.368 e. The number of halogens is 1. The van der Waals surface area contributed by atoms with Crippen LogP contribution in [-0.2, 0) is 10.0 Å². The molecule has 5 aromatic rings. The van der Waals surface area contributed by atoms with Crippen LogP contribution in [0.2, 0.25) is 0 Å². The lowest BCUT2D eigenvalue weighted by atomic mass is 10.1. The van der Waals surface area contributed by atoms with Crippen LogP contribution in [0.1, 0.15) is 30.9 Å². The summed E-state index contributed by atoms with van der Waals surface area (Å²) in [6.45, 7) is 3.58. The lowest BCUT2D eigenvalue weighted by Gasteiger charge is -2.24. The van der Waals surface area contributed by atoms with Gasteiger partial charge in [-0.2, -0.15) is 4.98 Å². The quantitative estimate of drug-likeness (QED) is 0.269. The van der Waals surface area contributed by atoms with Crippen LogP contribution < -0.4 is 21.7 Å². The highest BCUT2D eigenvalue weighted by Crippen LogP contribution is 2.34.